The molecule has 3 rings (SSSR count). The SMILES string of the molecule is O=C(CSCc1ccc(Cl)c(Cl)c1)Nc1ccc2c(c1)OCCCO2. The lowest BCUT2D eigenvalue weighted by molar-refractivity contribution is -0.113. The van der Waals surface area contributed by atoms with Crippen LogP contribution in [0.1, 0.15) is 12.0 Å². The molecule has 0 fully saturated rings. The van der Waals surface area contributed by atoms with Gasteiger partial charge in [0, 0.05) is 23.9 Å². The molecule has 4 nitrogen and oxygen atoms in total. The average Bonchev–Trinajstić information content (AvgIpc) is 2.83. The minimum Gasteiger partial charge on any atom is -0.490 e. The van der Waals surface area contributed by atoms with Gasteiger partial charge >= 0.3 is 0 Å². The van der Waals surface area contributed by atoms with Crippen molar-refractivity contribution >= 4 is 46.6 Å². The van der Waals surface area contributed by atoms with E-state index in [9.17, 15) is 4.79 Å². The summed E-state index contributed by atoms with van der Waals surface area (Å²) in [6.45, 7) is 1.26. The van der Waals surface area contributed by atoms with Crippen molar-refractivity contribution in [2.75, 3.05) is 24.3 Å². The minimum absolute atomic E-state index is 0.0699. The Morgan fingerprint density at radius 1 is 1.04 bits per heavy atom. The number of nitrogens with one attached hydrogen (secondary N) is 1. The molecule has 1 N–H and O–H groups in total. The van der Waals surface area contributed by atoms with E-state index in [0.717, 1.165) is 12.0 Å². The van der Waals surface area contributed by atoms with E-state index < -0.39 is 0 Å². The molecule has 0 saturated carbocycles. The van der Waals surface area contributed by atoms with E-state index in [1.165, 1.54) is 11.8 Å². The van der Waals surface area contributed by atoms with E-state index in [-0.39, 0.29) is 5.91 Å². The first-order valence-corrected chi connectivity index (χ1v) is 9.74. The number of hydrogen-bond acceptors (Lipinski definition) is 4. The van der Waals surface area contributed by atoms with Gasteiger partial charge in [-0.2, -0.15) is 0 Å². The average molecular weight is 398 g/mol. The van der Waals surface area contributed by atoms with E-state index in [1.807, 2.05) is 24.3 Å². The van der Waals surface area contributed by atoms with Crippen LogP contribution in [0.2, 0.25) is 10.0 Å². The number of amides is 1. The van der Waals surface area contributed by atoms with E-state index in [0.29, 0.717) is 52.0 Å². The Morgan fingerprint density at radius 3 is 2.64 bits per heavy atom. The van der Waals surface area contributed by atoms with Crippen molar-refractivity contribution in [1.29, 1.82) is 0 Å². The zero-order chi connectivity index (χ0) is 17.6. The number of rotatable bonds is 5. The van der Waals surface area contributed by atoms with E-state index >= 15 is 0 Å². The lowest BCUT2D eigenvalue weighted by Crippen LogP contribution is -2.14. The monoisotopic (exact) mass is 397 g/mol. The molecule has 1 aliphatic rings. The van der Waals surface area contributed by atoms with Gasteiger partial charge in [0.1, 0.15) is 0 Å². The highest BCUT2D eigenvalue weighted by atomic mass is 35.5. The Hall–Kier alpha value is -1.56. The lowest BCUT2D eigenvalue weighted by Gasteiger charge is -2.10. The first-order chi connectivity index (χ1) is 12.1. The van der Waals surface area contributed by atoms with Crippen LogP contribution in [0.5, 0.6) is 11.5 Å². The zero-order valence-electron chi connectivity index (χ0n) is 13.4. The van der Waals surface area contributed by atoms with Crippen molar-refractivity contribution in [3.8, 4) is 11.5 Å². The second kappa shape index (κ2) is 8.70. The lowest BCUT2D eigenvalue weighted by atomic mass is 10.2. The van der Waals surface area contributed by atoms with Crippen LogP contribution in [0.4, 0.5) is 5.69 Å². The van der Waals surface area contributed by atoms with Crippen molar-refractivity contribution in [1.82, 2.24) is 0 Å². The Balaban J connectivity index is 1.50. The summed E-state index contributed by atoms with van der Waals surface area (Å²) in [4.78, 5) is 12.1. The highest BCUT2D eigenvalue weighted by molar-refractivity contribution is 7.99. The number of carbonyl (C=O) groups is 1. The van der Waals surface area contributed by atoms with Crippen molar-refractivity contribution in [2.24, 2.45) is 0 Å². The quantitative estimate of drug-likeness (QED) is 0.768. The molecule has 1 heterocycles. The molecule has 7 heteroatoms. The van der Waals surface area contributed by atoms with Gasteiger partial charge in [0.2, 0.25) is 5.91 Å². The number of benzene rings is 2. The first kappa shape index (κ1) is 18.2. The predicted octanol–water partition coefficient (Wildman–Crippen LogP) is 5.03. The van der Waals surface area contributed by atoms with Crippen molar-refractivity contribution in [3.63, 3.8) is 0 Å². The summed E-state index contributed by atoms with van der Waals surface area (Å²) < 4.78 is 11.2. The third-order valence-corrected chi connectivity index (χ3v) is 5.26. The number of carbonyl (C=O) groups excluding carboxylic acids is 1. The third kappa shape index (κ3) is 5.21. The van der Waals surface area contributed by atoms with Crippen LogP contribution in [0.25, 0.3) is 0 Å². The summed E-state index contributed by atoms with van der Waals surface area (Å²) in [7, 11) is 0. The van der Waals surface area contributed by atoms with Crippen LogP contribution in [0, 0.1) is 0 Å². The maximum atomic E-state index is 12.1. The van der Waals surface area contributed by atoms with Gasteiger partial charge in [0.05, 0.1) is 29.0 Å². The molecule has 1 amide bonds. The predicted molar refractivity (Wildman–Crippen MR) is 103 cm³/mol. The maximum Gasteiger partial charge on any atom is 0.234 e. The summed E-state index contributed by atoms with van der Waals surface area (Å²) in [5.41, 5.74) is 1.73. The molecule has 2 aromatic carbocycles. The van der Waals surface area contributed by atoms with Crippen LogP contribution in [-0.4, -0.2) is 24.9 Å². The molecule has 2 aromatic rings. The van der Waals surface area contributed by atoms with Crippen LogP contribution in [0.15, 0.2) is 36.4 Å². The molecule has 0 bridgehead atoms. The van der Waals surface area contributed by atoms with Crippen molar-refractivity contribution < 1.29 is 14.3 Å². The molecular formula is C18H17Cl2NO3S. The normalized spacial score (nSPS) is 13.2. The molecular weight excluding hydrogens is 381 g/mol. The molecule has 0 aromatic heterocycles. The van der Waals surface area contributed by atoms with Crippen molar-refractivity contribution in [3.05, 3.63) is 52.0 Å². The number of ether oxygens (including phenoxy) is 2. The Kier molecular flexibility index (Phi) is 6.34. The summed E-state index contributed by atoms with van der Waals surface area (Å²) in [5, 5.41) is 3.93. The first-order valence-electron chi connectivity index (χ1n) is 7.83. The third-order valence-electron chi connectivity index (χ3n) is 3.52. The molecule has 25 heavy (non-hydrogen) atoms. The van der Waals surface area contributed by atoms with Gasteiger partial charge in [-0.1, -0.05) is 29.3 Å². The Labute approximate surface area is 160 Å². The van der Waals surface area contributed by atoms with Crippen LogP contribution < -0.4 is 14.8 Å². The summed E-state index contributed by atoms with van der Waals surface area (Å²) in [6.07, 6.45) is 0.849. The molecule has 0 radical (unpaired) electrons. The van der Waals surface area contributed by atoms with Gasteiger partial charge in [0.15, 0.2) is 11.5 Å². The fourth-order valence-electron chi connectivity index (χ4n) is 2.33. The van der Waals surface area contributed by atoms with Crippen molar-refractivity contribution in [2.45, 2.75) is 12.2 Å². The van der Waals surface area contributed by atoms with Gasteiger partial charge < -0.3 is 14.8 Å². The molecule has 132 valence electrons. The van der Waals surface area contributed by atoms with Gasteiger partial charge in [-0.15, -0.1) is 11.8 Å². The van der Waals surface area contributed by atoms with Crippen LogP contribution >= 0.6 is 35.0 Å². The second-order valence-electron chi connectivity index (χ2n) is 5.50. The largest absolute Gasteiger partial charge is 0.490 e. The maximum absolute atomic E-state index is 12.1. The molecule has 1 aliphatic heterocycles. The van der Waals surface area contributed by atoms with Crippen LogP contribution in [0.3, 0.4) is 0 Å². The van der Waals surface area contributed by atoms with E-state index in [2.05, 4.69) is 5.32 Å². The second-order valence-corrected chi connectivity index (χ2v) is 7.30. The molecule has 0 spiro atoms. The van der Waals surface area contributed by atoms with Crippen LogP contribution in [-0.2, 0) is 10.5 Å². The fourth-order valence-corrected chi connectivity index (χ4v) is 3.42. The highest BCUT2D eigenvalue weighted by Crippen LogP contribution is 2.32. The molecule has 0 unspecified atom stereocenters. The summed E-state index contributed by atoms with van der Waals surface area (Å²) in [6, 6.07) is 10.9. The topological polar surface area (TPSA) is 47.6 Å². The van der Waals surface area contributed by atoms with Gasteiger partial charge in [0.25, 0.3) is 0 Å². The minimum atomic E-state index is -0.0699. The number of fused-ring (bicyclic) bond motifs is 1. The Bertz CT molecular complexity index is 770. The molecule has 0 saturated heterocycles. The summed E-state index contributed by atoms with van der Waals surface area (Å²) in [5.74, 6) is 2.34. The zero-order valence-corrected chi connectivity index (χ0v) is 15.7. The van der Waals surface area contributed by atoms with Gasteiger partial charge in [-0.05, 0) is 29.8 Å². The number of halogens is 2. The fraction of sp³-hybridized carbons (Fsp3) is 0.278. The standard InChI is InChI=1S/C18H17Cl2NO3S/c19-14-4-2-12(8-15(14)20)10-25-11-18(22)21-13-3-5-16-17(9-13)24-7-1-6-23-16/h2-5,8-9H,1,6-7,10-11H2,(H,21,22). The highest BCUT2D eigenvalue weighted by Gasteiger charge is 2.12. The number of hydrogen-bond donors (Lipinski definition) is 1. The smallest absolute Gasteiger partial charge is 0.234 e. The van der Waals surface area contributed by atoms with E-state index in [1.54, 1.807) is 12.1 Å². The number of anilines is 1. The Morgan fingerprint density at radius 2 is 1.84 bits per heavy atom. The molecule has 0 atom stereocenters. The van der Waals surface area contributed by atoms with Gasteiger partial charge in [-0.25, -0.2) is 0 Å². The van der Waals surface area contributed by atoms with Gasteiger partial charge in [-0.3, -0.25) is 4.79 Å². The molecule has 0 aliphatic carbocycles. The summed E-state index contributed by atoms with van der Waals surface area (Å²) >= 11 is 13.4. The van der Waals surface area contributed by atoms with E-state index in [4.69, 9.17) is 32.7 Å². The number of thioether (sulfide) groups is 1.